The Kier molecular flexibility index (Phi) is 6.06. The van der Waals surface area contributed by atoms with Crippen LogP contribution in [0.15, 0.2) is 24.4 Å². The van der Waals surface area contributed by atoms with E-state index in [1.807, 2.05) is 33.8 Å². The fourth-order valence-corrected chi connectivity index (χ4v) is 3.48. The van der Waals surface area contributed by atoms with Crippen molar-refractivity contribution in [3.05, 3.63) is 46.9 Å². The molecule has 0 saturated heterocycles. The van der Waals surface area contributed by atoms with Crippen LogP contribution < -0.4 is 10.2 Å². The number of amides is 1. The second-order valence-electron chi connectivity index (χ2n) is 8.97. The van der Waals surface area contributed by atoms with Gasteiger partial charge in [0.25, 0.3) is 0 Å². The van der Waals surface area contributed by atoms with Crippen molar-refractivity contribution >= 4 is 17.4 Å². The number of halogens is 3. The van der Waals surface area contributed by atoms with E-state index in [-0.39, 0.29) is 11.3 Å². The zero-order valence-electron chi connectivity index (χ0n) is 17.7. The highest BCUT2D eigenvalue weighted by molar-refractivity contribution is 5.91. The molecule has 0 atom stereocenters. The van der Waals surface area contributed by atoms with Gasteiger partial charge < -0.3 is 10.2 Å². The lowest BCUT2D eigenvalue weighted by molar-refractivity contribution is -0.137. The number of aromatic nitrogens is 2. The van der Waals surface area contributed by atoms with Crippen LogP contribution in [0.25, 0.3) is 0 Å². The van der Waals surface area contributed by atoms with Crippen molar-refractivity contribution in [1.82, 2.24) is 9.97 Å². The average Bonchev–Trinajstić information content (AvgIpc) is 2.61. The number of hydrogen-bond donors (Lipinski definition) is 1. The summed E-state index contributed by atoms with van der Waals surface area (Å²) in [4.78, 5) is 23.0. The van der Waals surface area contributed by atoms with Crippen LogP contribution in [0.4, 0.5) is 24.7 Å². The monoisotopic (exact) mass is 420 g/mol. The van der Waals surface area contributed by atoms with E-state index in [1.54, 1.807) is 0 Å². The van der Waals surface area contributed by atoms with Crippen molar-refractivity contribution in [3.8, 4) is 0 Å². The summed E-state index contributed by atoms with van der Waals surface area (Å²) in [5.41, 5.74) is 2.37. The van der Waals surface area contributed by atoms with Crippen LogP contribution in [0.1, 0.15) is 56.1 Å². The largest absolute Gasteiger partial charge is 0.417 e. The molecular weight excluding hydrogens is 393 g/mol. The molecule has 0 aliphatic carbocycles. The molecule has 1 N–H and O–H groups in total. The predicted octanol–water partition coefficient (Wildman–Crippen LogP) is 5.13. The van der Waals surface area contributed by atoms with E-state index in [0.29, 0.717) is 24.5 Å². The van der Waals surface area contributed by atoms with Crippen molar-refractivity contribution in [1.29, 1.82) is 0 Å². The van der Waals surface area contributed by atoms with E-state index >= 15 is 0 Å². The van der Waals surface area contributed by atoms with Crippen LogP contribution in [0.2, 0.25) is 0 Å². The van der Waals surface area contributed by atoms with Crippen LogP contribution >= 0.6 is 0 Å². The topological polar surface area (TPSA) is 58.1 Å². The summed E-state index contributed by atoms with van der Waals surface area (Å²) >= 11 is 0. The van der Waals surface area contributed by atoms with Gasteiger partial charge in [-0.15, -0.1) is 0 Å². The average molecular weight is 420 g/mol. The van der Waals surface area contributed by atoms with Gasteiger partial charge in [0.05, 0.1) is 29.2 Å². The lowest BCUT2D eigenvalue weighted by Gasteiger charge is -2.31. The molecule has 1 aliphatic heterocycles. The van der Waals surface area contributed by atoms with Gasteiger partial charge in [-0.1, -0.05) is 20.8 Å². The molecule has 3 rings (SSSR count). The summed E-state index contributed by atoms with van der Waals surface area (Å²) in [5.74, 6) is 0.497. The number of nitrogens with one attached hydrogen (secondary N) is 1. The molecule has 0 fully saturated rings. The number of rotatable bonds is 4. The van der Waals surface area contributed by atoms with Crippen molar-refractivity contribution in [2.45, 2.75) is 59.7 Å². The van der Waals surface area contributed by atoms with Crippen molar-refractivity contribution in [2.75, 3.05) is 16.8 Å². The minimum atomic E-state index is -4.39. The first-order valence-corrected chi connectivity index (χ1v) is 10.00. The van der Waals surface area contributed by atoms with E-state index in [2.05, 4.69) is 20.2 Å². The molecule has 8 heteroatoms. The third kappa shape index (κ3) is 5.49. The second-order valence-corrected chi connectivity index (χ2v) is 8.97. The summed E-state index contributed by atoms with van der Waals surface area (Å²) in [6.45, 7) is 9.09. The molecule has 0 bridgehead atoms. The summed E-state index contributed by atoms with van der Waals surface area (Å²) in [6, 6.07) is 4.46. The molecule has 2 aromatic heterocycles. The van der Waals surface area contributed by atoms with Gasteiger partial charge in [0, 0.05) is 19.2 Å². The summed E-state index contributed by atoms with van der Waals surface area (Å²) in [6.07, 6.45) is -1.46. The Morgan fingerprint density at radius 3 is 2.57 bits per heavy atom. The molecule has 1 amide bonds. The SMILES string of the molecule is Cc1cc2c(nc1NC(=O)CC(C)(C)C)CCCN2Cc1ccc(C(F)(F)F)cn1. The molecule has 0 spiro atoms. The van der Waals surface area contributed by atoms with E-state index < -0.39 is 11.7 Å². The number of fused-ring (bicyclic) bond motifs is 1. The number of pyridine rings is 2. The Morgan fingerprint density at radius 1 is 1.23 bits per heavy atom. The number of anilines is 2. The van der Waals surface area contributed by atoms with Crippen LogP contribution in [-0.2, 0) is 23.9 Å². The quantitative estimate of drug-likeness (QED) is 0.745. The minimum Gasteiger partial charge on any atom is -0.364 e. The highest BCUT2D eigenvalue weighted by Crippen LogP contribution is 2.32. The number of hydrogen-bond acceptors (Lipinski definition) is 4. The number of nitrogens with zero attached hydrogens (tertiary/aromatic N) is 3. The molecule has 0 radical (unpaired) electrons. The van der Waals surface area contributed by atoms with Crippen molar-refractivity contribution in [3.63, 3.8) is 0 Å². The fraction of sp³-hybridized carbons (Fsp3) is 0.500. The number of aryl methyl sites for hydroxylation is 2. The Labute approximate surface area is 174 Å². The smallest absolute Gasteiger partial charge is 0.364 e. The maximum absolute atomic E-state index is 12.8. The van der Waals surface area contributed by atoms with Gasteiger partial charge in [-0.3, -0.25) is 9.78 Å². The van der Waals surface area contributed by atoms with Gasteiger partial charge in [-0.2, -0.15) is 13.2 Å². The third-order valence-corrected chi connectivity index (χ3v) is 4.91. The highest BCUT2D eigenvalue weighted by Gasteiger charge is 2.31. The highest BCUT2D eigenvalue weighted by atomic mass is 19.4. The minimum absolute atomic E-state index is 0.0698. The normalized spacial score (nSPS) is 14.4. The summed E-state index contributed by atoms with van der Waals surface area (Å²) in [5, 5.41) is 2.91. The molecule has 162 valence electrons. The van der Waals surface area contributed by atoms with Gasteiger partial charge in [0.1, 0.15) is 5.82 Å². The lowest BCUT2D eigenvalue weighted by atomic mass is 9.92. The van der Waals surface area contributed by atoms with Crippen LogP contribution in [0, 0.1) is 12.3 Å². The van der Waals surface area contributed by atoms with Gasteiger partial charge in [0.15, 0.2) is 0 Å². The maximum Gasteiger partial charge on any atom is 0.417 e. The van der Waals surface area contributed by atoms with Gasteiger partial charge in [-0.05, 0) is 48.9 Å². The van der Waals surface area contributed by atoms with Gasteiger partial charge in [-0.25, -0.2) is 4.98 Å². The summed E-state index contributed by atoms with van der Waals surface area (Å²) in [7, 11) is 0. The van der Waals surface area contributed by atoms with Crippen LogP contribution in [-0.4, -0.2) is 22.4 Å². The van der Waals surface area contributed by atoms with Gasteiger partial charge in [0.2, 0.25) is 5.91 Å². The Hall–Kier alpha value is -2.64. The number of carbonyl (C=O) groups excluding carboxylic acids is 1. The predicted molar refractivity (Wildman–Crippen MR) is 110 cm³/mol. The first-order chi connectivity index (χ1) is 13.9. The molecule has 0 unspecified atom stereocenters. The van der Waals surface area contributed by atoms with E-state index in [9.17, 15) is 18.0 Å². The van der Waals surface area contributed by atoms with Crippen LogP contribution in [0.5, 0.6) is 0 Å². The lowest BCUT2D eigenvalue weighted by Crippen LogP contribution is -2.30. The molecule has 3 heterocycles. The van der Waals surface area contributed by atoms with Crippen molar-refractivity contribution < 1.29 is 18.0 Å². The number of alkyl halides is 3. The third-order valence-electron chi connectivity index (χ3n) is 4.91. The van der Waals surface area contributed by atoms with E-state index in [1.165, 1.54) is 6.07 Å². The molecule has 1 aliphatic rings. The first-order valence-electron chi connectivity index (χ1n) is 10.00. The fourth-order valence-electron chi connectivity index (χ4n) is 3.48. The molecule has 0 aromatic carbocycles. The van der Waals surface area contributed by atoms with Gasteiger partial charge >= 0.3 is 6.18 Å². The Balaban J connectivity index is 1.77. The molecule has 0 saturated carbocycles. The van der Waals surface area contributed by atoms with Crippen LogP contribution in [0.3, 0.4) is 0 Å². The molecule has 5 nitrogen and oxygen atoms in total. The molecule has 30 heavy (non-hydrogen) atoms. The second kappa shape index (κ2) is 8.24. The molecular formula is C22H27F3N4O. The number of carbonyl (C=O) groups is 1. The van der Waals surface area contributed by atoms with E-state index in [4.69, 9.17) is 0 Å². The maximum atomic E-state index is 12.8. The van der Waals surface area contributed by atoms with Crippen molar-refractivity contribution in [2.24, 2.45) is 5.41 Å². The first kappa shape index (κ1) is 22.1. The summed E-state index contributed by atoms with van der Waals surface area (Å²) < 4.78 is 38.3. The molecule has 2 aromatic rings. The Morgan fingerprint density at radius 2 is 1.97 bits per heavy atom. The zero-order valence-corrected chi connectivity index (χ0v) is 17.7. The standard InChI is InChI=1S/C22H27F3N4O/c1-14-10-18-17(27-20(14)28-19(30)11-21(2,3)4)6-5-9-29(18)13-16-8-7-15(12-26-16)22(23,24)25/h7-8,10,12H,5-6,9,11,13H2,1-4H3,(H,27,28,30). The zero-order chi connectivity index (χ0) is 22.1. The Bertz CT molecular complexity index is 918. The van der Waals surface area contributed by atoms with E-state index in [0.717, 1.165) is 48.6 Å².